The third-order valence-corrected chi connectivity index (χ3v) is 5.24. The minimum Gasteiger partial charge on any atom is -0.491 e. The molecule has 1 aliphatic rings. The fraction of sp³-hybridized carbons (Fsp3) is 0.714. The number of nitrogens with one attached hydrogen (secondary N) is 1. The number of likely N-dealkylation sites (tertiary alicyclic amines) is 1. The van der Waals surface area contributed by atoms with Crippen molar-refractivity contribution in [1.29, 1.82) is 0 Å². The monoisotopic (exact) mass is 334 g/mol. The molecule has 3 heteroatoms. The molecule has 3 atom stereocenters. The van der Waals surface area contributed by atoms with Gasteiger partial charge in [0, 0.05) is 11.8 Å². The van der Waals surface area contributed by atoms with Gasteiger partial charge in [-0.1, -0.05) is 39.8 Å². The van der Waals surface area contributed by atoms with Crippen molar-refractivity contribution in [1.82, 2.24) is 0 Å². The Kier molecular flexibility index (Phi) is 8.07. The molecule has 1 fully saturated rings. The van der Waals surface area contributed by atoms with Crippen molar-refractivity contribution in [2.75, 3.05) is 39.5 Å². The van der Waals surface area contributed by atoms with Crippen LogP contribution in [0.3, 0.4) is 0 Å². The van der Waals surface area contributed by atoms with Gasteiger partial charge < -0.3 is 14.4 Å². The molecule has 1 saturated heterocycles. The number of benzene rings is 1. The Morgan fingerprint density at radius 1 is 1.04 bits per heavy atom. The first kappa shape index (κ1) is 19.3. The van der Waals surface area contributed by atoms with Crippen LogP contribution in [0.2, 0.25) is 0 Å². The van der Waals surface area contributed by atoms with Gasteiger partial charge in [0.15, 0.2) is 0 Å². The average Bonchev–Trinajstić information content (AvgIpc) is 2.57. The van der Waals surface area contributed by atoms with Crippen molar-refractivity contribution in [3.8, 4) is 5.75 Å². The van der Waals surface area contributed by atoms with Crippen molar-refractivity contribution in [2.45, 2.75) is 46.5 Å². The molecular weight excluding hydrogens is 298 g/mol. The second-order valence-corrected chi connectivity index (χ2v) is 7.69. The maximum atomic E-state index is 5.77. The Morgan fingerprint density at radius 2 is 1.71 bits per heavy atom. The molecule has 1 aromatic carbocycles. The molecular formula is C21H36NO2+. The lowest BCUT2D eigenvalue weighted by Gasteiger charge is -2.31. The zero-order valence-electron chi connectivity index (χ0n) is 16.0. The Bertz CT molecular complexity index is 449. The number of hydrogen-bond acceptors (Lipinski definition) is 2. The summed E-state index contributed by atoms with van der Waals surface area (Å²) in [5.41, 5.74) is 1.38. The van der Waals surface area contributed by atoms with E-state index in [1.807, 2.05) is 0 Å². The second-order valence-electron chi connectivity index (χ2n) is 7.69. The van der Waals surface area contributed by atoms with Gasteiger partial charge in [0.05, 0.1) is 26.3 Å². The van der Waals surface area contributed by atoms with Crippen LogP contribution >= 0.6 is 0 Å². The van der Waals surface area contributed by atoms with Crippen molar-refractivity contribution >= 4 is 0 Å². The Morgan fingerprint density at radius 3 is 2.33 bits per heavy atom. The van der Waals surface area contributed by atoms with E-state index in [1.165, 1.54) is 31.5 Å². The average molecular weight is 335 g/mol. The topological polar surface area (TPSA) is 22.9 Å². The molecule has 136 valence electrons. The van der Waals surface area contributed by atoms with Crippen molar-refractivity contribution in [3.63, 3.8) is 0 Å². The van der Waals surface area contributed by atoms with Crippen LogP contribution in [0.5, 0.6) is 5.75 Å². The summed E-state index contributed by atoms with van der Waals surface area (Å²) < 4.78 is 11.5. The molecule has 2 rings (SSSR count). The van der Waals surface area contributed by atoms with E-state index in [4.69, 9.17) is 9.47 Å². The van der Waals surface area contributed by atoms with Gasteiger partial charge >= 0.3 is 0 Å². The number of quaternary nitrogens is 1. The standard InChI is InChI=1S/C21H35NO2/c1-5-19(4)20-6-8-21(9-7-20)24-13-12-23-11-10-22-15-17(2)14-18(3)16-22/h6-9,17-19H,5,10-16H2,1-4H3/p+1/t17-,18-,19+/m0/s1. The molecule has 1 heterocycles. The fourth-order valence-electron chi connectivity index (χ4n) is 3.79. The van der Waals surface area contributed by atoms with Crippen LogP contribution in [0.25, 0.3) is 0 Å². The molecule has 0 bridgehead atoms. The van der Waals surface area contributed by atoms with Crippen LogP contribution in [0.1, 0.15) is 52.0 Å². The molecule has 0 amide bonds. The molecule has 0 aliphatic carbocycles. The largest absolute Gasteiger partial charge is 0.491 e. The first-order valence-electron chi connectivity index (χ1n) is 9.72. The van der Waals surface area contributed by atoms with Crippen LogP contribution in [-0.2, 0) is 4.74 Å². The van der Waals surface area contributed by atoms with Gasteiger partial charge in [0.2, 0.25) is 0 Å². The summed E-state index contributed by atoms with van der Waals surface area (Å²) in [6, 6.07) is 8.49. The number of hydrogen-bond donors (Lipinski definition) is 1. The van der Waals surface area contributed by atoms with Crippen molar-refractivity contribution < 1.29 is 14.4 Å². The molecule has 0 spiro atoms. The summed E-state index contributed by atoms with van der Waals surface area (Å²) in [4.78, 5) is 1.70. The summed E-state index contributed by atoms with van der Waals surface area (Å²) in [6.07, 6.45) is 2.55. The molecule has 1 aliphatic heterocycles. The Hall–Kier alpha value is -1.06. The number of ether oxygens (including phenoxy) is 2. The van der Waals surface area contributed by atoms with E-state index in [0.29, 0.717) is 19.1 Å². The van der Waals surface area contributed by atoms with Gasteiger partial charge in [0.1, 0.15) is 18.9 Å². The highest BCUT2D eigenvalue weighted by atomic mass is 16.5. The lowest BCUT2D eigenvalue weighted by atomic mass is 9.92. The second kappa shape index (κ2) is 10.0. The van der Waals surface area contributed by atoms with Gasteiger partial charge in [-0.2, -0.15) is 0 Å². The van der Waals surface area contributed by atoms with E-state index in [-0.39, 0.29) is 0 Å². The molecule has 0 unspecified atom stereocenters. The maximum Gasteiger partial charge on any atom is 0.119 e. The molecule has 0 aromatic heterocycles. The smallest absolute Gasteiger partial charge is 0.119 e. The first-order chi connectivity index (χ1) is 11.6. The minimum atomic E-state index is 0.616. The maximum absolute atomic E-state index is 5.77. The summed E-state index contributed by atoms with van der Waals surface area (Å²) >= 11 is 0. The summed E-state index contributed by atoms with van der Waals surface area (Å²) in [6.45, 7) is 15.1. The van der Waals surface area contributed by atoms with Crippen LogP contribution < -0.4 is 9.64 Å². The Labute approximate surface area is 148 Å². The summed E-state index contributed by atoms with van der Waals surface area (Å²) in [5, 5.41) is 0. The zero-order chi connectivity index (χ0) is 17.4. The third-order valence-electron chi connectivity index (χ3n) is 5.24. The normalized spacial score (nSPS) is 25.4. The highest BCUT2D eigenvalue weighted by Gasteiger charge is 2.24. The van der Waals surface area contributed by atoms with Gasteiger partial charge in [-0.15, -0.1) is 0 Å². The number of rotatable bonds is 9. The van der Waals surface area contributed by atoms with Crippen LogP contribution in [0, 0.1) is 11.8 Å². The van der Waals surface area contributed by atoms with Crippen LogP contribution in [0.15, 0.2) is 24.3 Å². The first-order valence-corrected chi connectivity index (χ1v) is 9.72. The lowest BCUT2D eigenvalue weighted by Crippen LogP contribution is -3.14. The zero-order valence-corrected chi connectivity index (χ0v) is 16.0. The van der Waals surface area contributed by atoms with E-state index >= 15 is 0 Å². The predicted octanol–water partition coefficient (Wildman–Crippen LogP) is 3.16. The molecule has 1 aromatic rings. The quantitative estimate of drug-likeness (QED) is 0.701. The van der Waals surface area contributed by atoms with Gasteiger partial charge in [-0.05, 0) is 36.5 Å². The molecule has 0 saturated carbocycles. The molecule has 3 nitrogen and oxygen atoms in total. The van der Waals surface area contributed by atoms with Crippen LogP contribution in [-0.4, -0.2) is 39.5 Å². The third kappa shape index (κ3) is 6.45. The van der Waals surface area contributed by atoms with E-state index in [0.717, 1.165) is 30.7 Å². The highest BCUT2D eigenvalue weighted by Crippen LogP contribution is 2.21. The van der Waals surface area contributed by atoms with Crippen molar-refractivity contribution in [2.24, 2.45) is 11.8 Å². The lowest BCUT2D eigenvalue weighted by molar-refractivity contribution is -0.912. The number of piperidine rings is 1. The molecule has 1 N–H and O–H groups in total. The minimum absolute atomic E-state index is 0.616. The molecule has 24 heavy (non-hydrogen) atoms. The van der Waals surface area contributed by atoms with Gasteiger partial charge in [-0.3, -0.25) is 0 Å². The Balaban J connectivity index is 1.56. The highest BCUT2D eigenvalue weighted by molar-refractivity contribution is 5.29. The fourth-order valence-corrected chi connectivity index (χ4v) is 3.79. The van der Waals surface area contributed by atoms with E-state index in [2.05, 4.69) is 52.0 Å². The molecule has 0 radical (unpaired) electrons. The van der Waals surface area contributed by atoms with E-state index in [9.17, 15) is 0 Å². The summed E-state index contributed by atoms with van der Waals surface area (Å²) in [5.74, 6) is 3.26. The SMILES string of the molecule is CC[C@@H](C)c1ccc(OCCOCC[NH+]2C[C@@H](C)C[C@H](C)C2)cc1. The van der Waals surface area contributed by atoms with Gasteiger partial charge in [0.25, 0.3) is 0 Å². The van der Waals surface area contributed by atoms with Crippen LogP contribution in [0.4, 0.5) is 0 Å². The van der Waals surface area contributed by atoms with E-state index < -0.39 is 0 Å². The van der Waals surface area contributed by atoms with Crippen molar-refractivity contribution in [3.05, 3.63) is 29.8 Å². The van der Waals surface area contributed by atoms with Gasteiger partial charge in [-0.25, -0.2) is 0 Å². The predicted molar refractivity (Wildman–Crippen MR) is 100.0 cm³/mol. The summed E-state index contributed by atoms with van der Waals surface area (Å²) in [7, 11) is 0. The van der Waals surface area contributed by atoms with E-state index in [1.54, 1.807) is 4.90 Å².